The second-order valence-corrected chi connectivity index (χ2v) is 5.14. The van der Waals surface area contributed by atoms with Crippen LogP contribution in [0, 0.1) is 5.92 Å². The standard InChI is InChI=1S/C14H24N4O/c1-15-14(17-11-13-8-10-19-18-13)16-9-4-7-12-5-2-3-6-12/h8,10,12H,2-7,9,11H2,1H3,(H2,15,16,17). The summed E-state index contributed by atoms with van der Waals surface area (Å²) in [5.74, 6) is 1.79. The van der Waals surface area contributed by atoms with Crippen molar-refractivity contribution in [2.45, 2.75) is 45.1 Å². The first kappa shape index (κ1) is 13.9. The van der Waals surface area contributed by atoms with Crippen molar-refractivity contribution in [3.63, 3.8) is 0 Å². The van der Waals surface area contributed by atoms with Crippen LogP contribution in [0.3, 0.4) is 0 Å². The molecule has 0 aromatic carbocycles. The van der Waals surface area contributed by atoms with Crippen molar-refractivity contribution in [3.05, 3.63) is 18.0 Å². The maximum absolute atomic E-state index is 4.79. The Bertz CT molecular complexity index is 369. The van der Waals surface area contributed by atoms with E-state index >= 15 is 0 Å². The number of rotatable bonds is 6. The average molecular weight is 264 g/mol. The molecule has 1 heterocycles. The van der Waals surface area contributed by atoms with Crippen LogP contribution in [0.25, 0.3) is 0 Å². The molecule has 1 fully saturated rings. The van der Waals surface area contributed by atoms with E-state index in [9.17, 15) is 0 Å². The average Bonchev–Trinajstić information content (AvgIpc) is 3.11. The van der Waals surface area contributed by atoms with Crippen LogP contribution >= 0.6 is 0 Å². The van der Waals surface area contributed by atoms with Crippen LogP contribution in [0.1, 0.15) is 44.2 Å². The molecule has 0 aliphatic heterocycles. The van der Waals surface area contributed by atoms with E-state index in [2.05, 4.69) is 20.8 Å². The number of nitrogens with zero attached hydrogens (tertiary/aromatic N) is 2. The second kappa shape index (κ2) is 7.81. The molecule has 1 aromatic rings. The van der Waals surface area contributed by atoms with Gasteiger partial charge in [0.15, 0.2) is 5.96 Å². The van der Waals surface area contributed by atoms with Crippen molar-refractivity contribution < 1.29 is 4.52 Å². The highest BCUT2D eigenvalue weighted by molar-refractivity contribution is 5.79. The lowest BCUT2D eigenvalue weighted by molar-refractivity contribution is 0.410. The predicted molar refractivity (Wildman–Crippen MR) is 75.9 cm³/mol. The molecular formula is C14H24N4O. The number of aliphatic imine (C=N–C) groups is 1. The number of nitrogens with one attached hydrogen (secondary N) is 2. The third-order valence-corrected chi connectivity index (χ3v) is 3.71. The monoisotopic (exact) mass is 264 g/mol. The molecule has 19 heavy (non-hydrogen) atoms. The third kappa shape index (κ3) is 4.93. The first-order valence-electron chi connectivity index (χ1n) is 7.22. The van der Waals surface area contributed by atoms with Crippen molar-refractivity contribution in [3.8, 4) is 0 Å². The zero-order valence-electron chi connectivity index (χ0n) is 11.7. The molecule has 5 nitrogen and oxygen atoms in total. The van der Waals surface area contributed by atoms with E-state index in [0.29, 0.717) is 6.54 Å². The highest BCUT2D eigenvalue weighted by Gasteiger charge is 2.13. The second-order valence-electron chi connectivity index (χ2n) is 5.14. The van der Waals surface area contributed by atoms with Crippen molar-refractivity contribution in [2.24, 2.45) is 10.9 Å². The Balaban J connectivity index is 1.57. The zero-order valence-corrected chi connectivity index (χ0v) is 11.7. The lowest BCUT2D eigenvalue weighted by Crippen LogP contribution is -2.37. The molecule has 2 N–H and O–H groups in total. The van der Waals surface area contributed by atoms with E-state index in [1.165, 1.54) is 38.5 Å². The van der Waals surface area contributed by atoms with Gasteiger partial charge in [0, 0.05) is 19.7 Å². The molecule has 1 aliphatic carbocycles. The quantitative estimate of drug-likeness (QED) is 0.470. The van der Waals surface area contributed by atoms with Gasteiger partial charge in [0.2, 0.25) is 0 Å². The van der Waals surface area contributed by atoms with Gasteiger partial charge in [0.05, 0.1) is 6.54 Å². The van der Waals surface area contributed by atoms with Crippen LogP contribution in [0.5, 0.6) is 0 Å². The summed E-state index contributed by atoms with van der Waals surface area (Å²) in [5, 5.41) is 10.4. The van der Waals surface area contributed by atoms with E-state index in [4.69, 9.17) is 4.52 Å². The SMILES string of the molecule is CN=C(NCCCC1CCCC1)NCc1ccon1. The molecule has 1 aromatic heterocycles. The molecule has 2 rings (SSSR count). The van der Waals surface area contributed by atoms with Crippen LogP contribution in [-0.2, 0) is 6.54 Å². The highest BCUT2D eigenvalue weighted by atomic mass is 16.5. The van der Waals surface area contributed by atoms with E-state index in [0.717, 1.165) is 24.1 Å². The van der Waals surface area contributed by atoms with E-state index in [1.54, 1.807) is 13.3 Å². The molecule has 0 atom stereocenters. The van der Waals surface area contributed by atoms with Gasteiger partial charge in [-0.15, -0.1) is 0 Å². The smallest absolute Gasteiger partial charge is 0.191 e. The minimum absolute atomic E-state index is 0.638. The molecular weight excluding hydrogens is 240 g/mol. The maximum Gasteiger partial charge on any atom is 0.191 e. The minimum Gasteiger partial charge on any atom is -0.364 e. The number of hydrogen-bond donors (Lipinski definition) is 2. The van der Waals surface area contributed by atoms with E-state index in [-0.39, 0.29) is 0 Å². The summed E-state index contributed by atoms with van der Waals surface area (Å²) in [6.45, 7) is 1.62. The fourth-order valence-corrected chi connectivity index (χ4v) is 2.62. The summed E-state index contributed by atoms with van der Waals surface area (Å²) in [6, 6.07) is 1.85. The fraction of sp³-hybridized carbons (Fsp3) is 0.714. The molecule has 0 amide bonds. The zero-order chi connectivity index (χ0) is 13.3. The summed E-state index contributed by atoms with van der Waals surface area (Å²) in [7, 11) is 1.79. The van der Waals surface area contributed by atoms with Gasteiger partial charge in [-0.2, -0.15) is 0 Å². The molecule has 5 heteroatoms. The maximum atomic E-state index is 4.79. The van der Waals surface area contributed by atoms with Crippen LogP contribution in [0.2, 0.25) is 0 Å². The van der Waals surface area contributed by atoms with Gasteiger partial charge in [-0.05, 0) is 18.8 Å². The van der Waals surface area contributed by atoms with Gasteiger partial charge >= 0.3 is 0 Å². The summed E-state index contributed by atoms with van der Waals surface area (Å²) in [6.07, 6.45) is 9.85. The van der Waals surface area contributed by atoms with Crippen molar-refractivity contribution >= 4 is 5.96 Å². The van der Waals surface area contributed by atoms with Gasteiger partial charge in [0.1, 0.15) is 12.0 Å². The minimum atomic E-state index is 0.638. The Labute approximate surface area is 114 Å². The lowest BCUT2D eigenvalue weighted by Gasteiger charge is -2.12. The van der Waals surface area contributed by atoms with Gasteiger partial charge in [0.25, 0.3) is 0 Å². The molecule has 1 aliphatic rings. The molecule has 106 valence electrons. The number of guanidine groups is 1. The molecule has 1 saturated carbocycles. The van der Waals surface area contributed by atoms with Crippen molar-refractivity contribution in [1.29, 1.82) is 0 Å². The number of hydrogen-bond acceptors (Lipinski definition) is 3. The molecule has 0 saturated heterocycles. The Morgan fingerprint density at radius 1 is 1.42 bits per heavy atom. The Morgan fingerprint density at radius 3 is 2.95 bits per heavy atom. The molecule has 0 radical (unpaired) electrons. The lowest BCUT2D eigenvalue weighted by atomic mass is 10.0. The van der Waals surface area contributed by atoms with Gasteiger partial charge in [-0.1, -0.05) is 30.8 Å². The predicted octanol–water partition coefficient (Wildman–Crippen LogP) is 2.31. The van der Waals surface area contributed by atoms with E-state index in [1.807, 2.05) is 6.07 Å². The Hall–Kier alpha value is -1.52. The topological polar surface area (TPSA) is 62.5 Å². The summed E-state index contributed by atoms with van der Waals surface area (Å²) >= 11 is 0. The molecule has 0 bridgehead atoms. The molecule has 0 spiro atoms. The number of aromatic nitrogens is 1. The Morgan fingerprint density at radius 2 is 2.26 bits per heavy atom. The van der Waals surface area contributed by atoms with Gasteiger partial charge in [-0.25, -0.2) is 0 Å². The first-order chi connectivity index (χ1) is 9.38. The van der Waals surface area contributed by atoms with Crippen molar-refractivity contribution in [2.75, 3.05) is 13.6 Å². The van der Waals surface area contributed by atoms with Crippen LogP contribution in [-0.4, -0.2) is 24.7 Å². The summed E-state index contributed by atoms with van der Waals surface area (Å²) < 4.78 is 4.79. The Kier molecular flexibility index (Phi) is 5.72. The van der Waals surface area contributed by atoms with Gasteiger partial charge in [-0.3, -0.25) is 4.99 Å². The normalized spacial score (nSPS) is 16.8. The summed E-state index contributed by atoms with van der Waals surface area (Å²) in [4.78, 5) is 4.19. The fourth-order valence-electron chi connectivity index (χ4n) is 2.62. The van der Waals surface area contributed by atoms with Crippen LogP contribution in [0.15, 0.2) is 21.8 Å². The largest absolute Gasteiger partial charge is 0.364 e. The van der Waals surface area contributed by atoms with Gasteiger partial charge < -0.3 is 15.2 Å². The highest BCUT2D eigenvalue weighted by Crippen LogP contribution is 2.28. The summed E-state index contributed by atoms with van der Waals surface area (Å²) in [5.41, 5.74) is 0.883. The van der Waals surface area contributed by atoms with Crippen molar-refractivity contribution in [1.82, 2.24) is 15.8 Å². The molecule has 0 unspecified atom stereocenters. The van der Waals surface area contributed by atoms with Crippen LogP contribution in [0.4, 0.5) is 0 Å². The first-order valence-corrected chi connectivity index (χ1v) is 7.22. The third-order valence-electron chi connectivity index (χ3n) is 3.71. The van der Waals surface area contributed by atoms with Crippen LogP contribution < -0.4 is 10.6 Å². The van der Waals surface area contributed by atoms with E-state index < -0.39 is 0 Å².